The van der Waals surface area contributed by atoms with Crippen molar-refractivity contribution in [3.63, 3.8) is 0 Å². The minimum absolute atomic E-state index is 0.463. The smallest absolute Gasteiger partial charge is 0.361 e. The minimum Gasteiger partial charge on any atom is -0.480 e. The first-order valence-corrected chi connectivity index (χ1v) is 2.40. The molecule has 0 aliphatic rings. The monoisotopic (exact) mass is 144 g/mol. The fourth-order valence-electron chi connectivity index (χ4n) is 0.449. The molecule has 0 atom stereocenters. The van der Waals surface area contributed by atoms with Crippen molar-refractivity contribution in [3.05, 3.63) is 10.5 Å². The largest absolute Gasteiger partial charge is 0.480 e. The number of hydrogen-bond acceptors (Lipinski definition) is 4. The number of tetrazole rings is 1. The lowest BCUT2D eigenvalue weighted by Crippen LogP contribution is -2.22. The van der Waals surface area contributed by atoms with E-state index < -0.39 is 18.2 Å². The molecule has 1 aromatic rings. The lowest BCUT2D eigenvalue weighted by atomic mass is 10.7. The van der Waals surface area contributed by atoms with Crippen LogP contribution in [0.15, 0.2) is 4.79 Å². The Kier molecular flexibility index (Phi) is 1.48. The van der Waals surface area contributed by atoms with Crippen LogP contribution in [0.5, 0.6) is 0 Å². The first kappa shape index (κ1) is 6.46. The Hall–Kier alpha value is -1.66. The normalized spacial score (nSPS) is 9.60. The van der Waals surface area contributed by atoms with Gasteiger partial charge in [-0.25, -0.2) is 9.89 Å². The second kappa shape index (κ2) is 2.29. The number of H-pyrrole nitrogens is 1. The van der Waals surface area contributed by atoms with Crippen LogP contribution in [-0.4, -0.2) is 31.3 Å². The van der Waals surface area contributed by atoms with E-state index in [1.54, 1.807) is 0 Å². The summed E-state index contributed by atoms with van der Waals surface area (Å²) >= 11 is 0. The molecule has 0 unspecified atom stereocenters. The van der Waals surface area contributed by atoms with Gasteiger partial charge in [0.25, 0.3) is 0 Å². The maximum atomic E-state index is 10.5. The van der Waals surface area contributed by atoms with Crippen LogP contribution in [0.4, 0.5) is 0 Å². The molecule has 0 saturated carbocycles. The second-order valence-corrected chi connectivity index (χ2v) is 1.56. The summed E-state index contributed by atoms with van der Waals surface area (Å²) in [5, 5.41) is 16.4. The highest BCUT2D eigenvalue weighted by Gasteiger charge is 2.02. The summed E-state index contributed by atoms with van der Waals surface area (Å²) in [5.74, 6) is -1.13. The molecule has 0 bridgehead atoms. The van der Waals surface area contributed by atoms with Gasteiger partial charge in [0.15, 0.2) is 0 Å². The molecule has 1 heterocycles. The molecule has 1 aromatic heterocycles. The Morgan fingerprint density at radius 2 is 2.50 bits per heavy atom. The van der Waals surface area contributed by atoms with E-state index >= 15 is 0 Å². The molecule has 0 saturated heterocycles. The summed E-state index contributed by atoms with van der Waals surface area (Å²) in [5.41, 5.74) is -0.623. The molecule has 1 rings (SSSR count). The topological polar surface area (TPSA) is 101 Å². The second-order valence-electron chi connectivity index (χ2n) is 1.56. The molecule has 0 fully saturated rings. The van der Waals surface area contributed by atoms with E-state index in [-0.39, 0.29) is 0 Å². The molecule has 54 valence electrons. The fourth-order valence-corrected chi connectivity index (χ4v) is 0.449. The average Bonchev–Trinajstić information content (AvgIpc) is 2.15. The van der Waals surface area contributed by atoms with Gasteiger partial charge in [0.05, 0.1) is 0 Å². The predicted molar refractivity (Wildman–Crippen MR) is 28.3 cm³/mol. The van der Waals surface area contributed by atoms with E-state index in [2.05, 4.69) is 10.4 Å². The number of hydrogen-bond donors (Lipinski definition) is 2. The van der Waals surface area contributed by atoms with Gasteiger partial charge in [-0.15, -0.1) is 0 Å². The molecular weight excluding hydrogens is 140 g/mol. The summed E-state index contributed by atoms with van der Waals surface area (Å²) in [6.45, 7) is -0.463. The van der Waals surface area contributed by atoms with Gasteiger partial charge in [0, 0.05) is 0 Å². The molecule has 0 radical (unpaired) electrons. The van der Waals surface area contributed by atoms with Crippen LogP contribution in [0.2, 0.25) is 0 Å². The molecule has 0 aliphatic heterocycles. The zero-order valence-electron chi connectivity index (χ0n) is 4.81. The zero-order valence-corrected chi connectivity index (χ0v) is 4.81. The molecule has 2 N–H and O–H groups in total. The number of aliphatic carboxylic acids is 1. The average molecular weight is 144 g/mol. The highest BCUT2D eigenvalue weighted by Crippen LogP contribution is 1.69. The van der Waals surface area contributed by atoms with E-state index in [1.165, 1.54) is 0 Å². The first-order chi connectivity index (χ1) is 4.70. The van der Waals surface area contributed by atoms with Gasteiger partial charge in [0.1, 0.15) is 6.54 Å². The molecular formula is C3H4N4O3. The molecule has 7 nitrogen and oxygen atoms in total. The lowest BCUT2D eigenvalue weighted by Gasteiger charge is -1.87. The van der Waals surface area contributed by atoms with E-state index in [4.69, 9.17) is 5.11 Å². The Bertz CT molecular complexity index is 286. The van der Waals surface area contributed by atoms with Crippen molar-refractivity contribution in [2.24, 2.45) is 0 Å². The fraction of sp³-hybridized carbons (Fsp3) is 0.333. The van der Waals surface area contributed by atoms with Crippen molar-refractivity contribution in [2.45, 2.75) is 6.54 Å². The third-order valence-electron chi connectivity index (χ3n) is 0.818. The van der Waals surface area contributed by atoms with E-state index in [9.17, 15) is 9.59 Å². The number of aromatic amines is 1. The van der Waals surface area contributed by atoms with Crippen LogP contribution in [0.3, 0.4) is 0 Å². The van der Waals surface area contributed by atoms with Crippen LogP contribution in [0.1, 0.15) is 0 Å². The van der Waals surface area contributed by atoms with Gasteiger partial charge >= 0.3 is 11.7 Å². The number of carboxylic acids is 1. The number of aromatic nitrogens is 4. The van der Waals surface area contributed by atoms with Gasteiger partial charge in [-0.1, -0.05) is 0 Å². The maximum Gasteiger partial charge on any atom is 0.361 e. The highest BCUT2D eigenvalue weighted by atomic mass is 16.4. The highest BCUT2D eigenvalue weighted by molar-refractivity contribution is 5.66. The molecule has 0 aliphatic carbocycles. The predicted octanol–water partition coefficient (Wildman–Crippen LogP) is -1.95. The Morgan fingerprint density at radius 3 is 2.90 bits per heavy atom. The Labute approximate surface area is 54.3 Å². The van der Waals surface area contributed by atoms with Gasteiger partial charge < -0.3 is 5.11 Å². The van der Waals surface area contributed by atoms with E-state index in [0.717, 1.165) is 0 Å². The Morgan fingerprint density at radius 1 is 1.80 bits per heavy atom. The van der Waals surface area contributed by atoms with Crippen molar-refractivity contribution < 1.29 is 9.90 Å². The van der Waals surface area contributed by atoms with Crippen LogP contribution in [0.25, 0.3) is 0 Å². The van der Waals surface area contributed by atoms with E-state index in [1.807, 2.05) is 5.10 Å². The lowest BCUT2D eigenvalue weighted by molar-refractivity contribution is -0.138. The number of rotatable bonds is 2. The van der Waals surface area contributed by atoms with Gasteiger partial charge in [-0.05, 0) is 10.4 Å². The van der Waals surface area contributed by atoms with Gasteiger partial charge in [0.2, 0.25) is 0 Å². The molecule has 10 heavy (non-hydrogen) atoms. The van der Waals surface area contributed by atoms with Crippen LogP contribution in [0, 0.1) is 0 Å². The molecule has 0 amide bonds. The summed E-state index contributed by atoms with van der Waals surface area (Å²) < 4.78 is 0.711. The minimum atomic E-state index is -1.13. The first-order valence-electron chi connectivity index (χ1n) is 2.40. The molecule has 0 spiro atoms. The van der Waals surface area contributed by atoms with Gasteiger partial charge in [-0.2, -0.15) is 4.68 Å². The molecule has 7 heteroatoms. The van der Waals surface area contributed by atoms with Crippen molar-refractivity contribution in [1.82, 2.24) is 20.2 Å². The van der Waals surface area contributed by atoms with Crippen LogP contribution < -0.4 is 5.69 Å². The van der Waals surface area contributed by atoms with Crippen molar-refractivity contribution in [1.29, 1.82) is 0 Å². The van der Waals surface area contributed by atoms with Crippen molar-refractivity contribution in [3.8, 4) is 0 Å². The Balaban J connectivity index is 2.85. The quantitative estimate of drug-likeness (QED) is 0.502. The third kappa shape index (κ3) is 1.19. The summed E-state index contributed by atoms with van der Waals surface area (Å²) in [7, 11) is 0. The summed E-state index contributed by atoms with van der Waals surface area (Å²) in [6.07, 6.45) is 0. The SMILES string of the molecule is O=C(O)Cn1nn[nH]c1=O. The zero-order chi connectivity index (χ0) is 7.56. The van der Waals surface area contributed by atoms with E-state index in [0.29, 0.717) is 4.68 Å². The van der Waals surface area contributed by atoms with Crippen molar-refractivity contribution in [2.75, 3.05) is 0 Å². The number of carbonyl (C=O) groups is 1. The van der Waals surface area contributed by atoms with Crippen LogP contribution >= 0.6 is 0 Å². The van der Waals surface area contributed by atoms with Crippen molar-refractivity contribution >= 4 is 5.97 Å². The standard InChI is InChI=1S/C3H4N4O3/c8-2(9)1-7-3(10)4-5-6-7/h1H2,(H,8,9)(H,4,6,10). The maximum absolute atomic E-state index is 10.5. The number of nitrogens with one attached hydrogen (secondary N) is 1. The van der Waals surface area contributed by atoms with Crippen LogP contribution in [-0.2, 0) is 11.3 Å². The number of carboxylic acid groups (broad SMARTS) is 1. The molecule has 0 aromatic carbocycles. The summed E-state index contributed by atoms with van der Waals surface area (Å²) in [4.78, 5) is 20.5. The summed E-state index contributed by atoms with van der Waals surface area (Å²) in [6, 6.07) is 0. The third-order valence-corrected chi connectivity index (χ3v) is 0.818. The number of nitrogens with zero attached hydrogens (tertiary/aromatic N) is 3. The van der Waals surface area contributed by atoms with Gasteiger partial charge in [-0.3, -0.25) is 4.79 Å².